The summed E-state index contributed by atoms with van der Waals surface area (Å²) < 4.78 is 40.9. The molecule has 3 rings (SSSR count). The van der Waals surface area contributed by atoms with Crippen molar-refractivity contribution >= 4 is 17.5 Å². The van der Waals surface area contributed by atoms with Gasteiger partial charge in [-0.25, -0.2) is 0 Å². The molecule has 2 aromatic carbocycles. The molecule has 1 N–H and O–H groups in total. The Labute approximate surface area is 176 Å². The summed E-state index contributed by atoms with van der Waals surface area (Å²) in [6.07, 6.45) is -4.70. The molecule has 0 aliphatic rings. The number of hydrogen-bond donors (Lipinski definition) is 0. The van der Waals surface area contributed by atoms with E-state index in [-0.39, 0.29) is 22.3 Å². The van der Waals surface area contributed by atoms with Crippen molar-refractivity contribution in [2.75, 3.05) is 5.75 Å². The van der Waals surface area contributed by atoms with Gasteiger partial charge in [0.2, 0.25) is 5.69 Å². The van der Waals surface area contributed by atoms with Gasteiger partial charge in [0.1, 0.15) is 11.6 Å². The average Bonchev–Trinajstić information content (AvgIpc) is 2.71. The lowest BCUT2D eigenvalue weighted by Gasteiger charge is -2.10. The van der Waals surface area contributed by atoms with E-state index in [0.29, 0.717) is 11.1 Å². The maximum Gasteiger partial charge on any atom is 0.418 e. The number of nitrogens with one attached hydrogen (secondary N) is 1. The normalized spacial score (nSPS) is 11.2. The molecule has 0 bridgehead atoms. The highest BCUT2D eigenvalue weighted by atomic mass is 32.2. The lowest BCUT2D eigenvalue weighted by atomic mass is 10.0. The number of aromatic amines is 1. The third-order valence-electron chi connectivity index (χ3n) is 4.57. The van der Waals surface area contributed by atoms with E-state index in [1.165, 1.54) is 0 Å². The van der Waals surface area contributed by atoms with E-state index in [4.69, 9.17) is 0 Å². The third-order valence-corrected chi connectivity index (χ3v) is 5.57. The van der Waals surface area contributed by atoms with E-state index >= 15 is 0 Å². The van der Waals surface area contributed by atoms with Crippen molar-refractivity contribution in [1.29, 1.82) is 5.26 Å². The molecular formula is C23H18F3N2OS+. The Morgan fingerprint density at radius 2 is 1.80 bits per heavy atom. The third kappa shape index (κ3) is 4.71. The van der Waals surface area contributed by atoms with Crippen LogP contribution in [0, 0.1) is 25.2 Å². The first-order chi connectivity index (χ1) is 14.2. The standard InChI is InChI=1S/C23H17F3N2OS/c1-14-8-9-17(15(2)10-14)21(29)13-30-22-18(12-27)19(23(24,25)26)11-20(28-22)16-6-4-3-5-7-16/h3-11H,13H2,1-2H3/p+1. The van der Waals surface area contributed by atoms with Gasteiger partial charge >= 0.3 is 6.18 Å². The van der Waals surface area contributed by atoms with Crippen molar-refractivity contribution in [1.82, 2.24) is 0 Å². The molecule has 0 unspecified atom stereocenters. The molecule has 0 saturated heterocycles. The molecule has 0 aliphatic heterocycles. The minimum absolute atomic E-state index is 0.0179. The number of hydrogen-bond acceptors (Lipinski definition) is 3. The van der Waals surface area contributed by atoms with Crippen LogP contribution < -0.4 is 4.98 Å². The lowest BCUT2D eigenvalue weighted by Crippen LogP contribution is -2.20. The van der Waals surface area contributed by atoms with Crippen molar-refractivity contribution < 1.29 is 22.9 Å². The fraction of sp³-hybridized carbons (Fsp3) is 0.174. The van der Waals surface area contributed by atoms with E-state index in [1.54, 1.807) is 42.5 Å². The van der Waals surface area contributed by atoms with Crippen LogP contribution in [0.3, 0.4) is 0 Å². The second-order valence-electron chi connectivity index (χ2n) is 6.81. The second kappa shape index (κ2) is 8.72. The fourth-order valence-corrected chi connectivity index (χ4v) is 4.03. The van der Waals surface area contributed by atoms with Crippen LogP contribution in [0.5, 0.6) is 0 Å². The molecule has 0 radical (unpaired) electrons. The maximum atomic E-state index is 13.6. The molecule has 152 valence electrons. The summed E-state index contributed by atoms with van der Waals surface area (Å²) in [6, 6.07) is 16.5. The van der Waals surface area contributed by atoms with E-state index in [0.717, 1.165) is 29.0 Å². The molecule has 0 spiro atoms. The van der Waals surface area contributed by atoms with Gasteiger partial charge in [-0.15, -0.1) is 0 Å². The number of carbonyl (C=O) groups excluding carboxylic acids is 1. The Hall–Kier alpha value is -3.11. The van der Waals surface area contributed by atoms with E-state index < -0.39 is 17.3 Å². The van der Waals surface area contributed by atoms with E-state index in [9.17, 15) is 23.2 Å². The maximum absolute atomic E-state index is 13.6. The minimum Gasteiger partial charge on any atom is -0.293 e. The number of alkyl halides is 3. The van der Waals surface area contributed by atoms with E-state index in [2.05, 4.69) is 4.98 Å². The highest BCUT2D eigenvalue weighted by Gasteiger charge is 2.38. The Bertz CT molecular complexity index is 1140. The van der Waals surface area contributed by atoms with E-state index in [1.807, 2.05) is 26.0 Å². The fourth-order valence-electron chi connectivity index (χ4n) is 3.12. The molecule has 0 aliphatic carbocycles. The van der Waals surface area contributed by atoms with Crippen molar-refractivity contribution in [3.63, 3.8) is 0 Å². The quantitative estimate of drug-likeness (QED) is 0.391. The number of aryl methyl sites for hydroxylation is 2. The van der Waals surface area contributed by atoms with Gasteiger partial charge in [0.05, 0.1) is 11.3 Å². The molecule has 0 atom stereocenters. The number of ketones is 1. The zero-order chi connectivity index (χ0) is 21.9. The van der Waals surface area contributed by atoms with Gasteiger partial charge in [0, 0.05) is 17.2 Å². The largest absolute Gasteiger partial charge is 0.418 e. The van der Waals surface area contributed by atoms with Crippen LogP contribution in [-0.4, -0.2) is 11.5 Å². The van der Waals surface area contributed by atoms with Gasteiger partial charge in [-0.05, 0) is 43.3 Å². The Kier molecular flexibility index (Phi) is 6.28. The summed E-state index contributed by atoms with van der Waals surface area (Å²) in [5, 5.41) is 9.43. The van der Waals surface area contributed by atoms with Crippen LogP contribution in [0.2, 0.25) is 0 Å². The van der Waals surface area contributed by atoms with Crippen LogP contribution in [0.1, 0.15) is 32.6 Å². The number of carbonyl (C=O) groups is 1. The zero-order valence-electron chi connectivity index (χ0n) is 16.3. The van der Waals surface area contributed by atoms with Gasteiger partial charge in [0.25, 0.3) is 5.03 Å². The average molecular weight is 427 g/mol. The van der Waals surface area contributed by atoms with Crippen LogP contribution in [-0.2, 0) is 6.18 Å². The molecule has 7 heteroatoms. The number of rotatable bonds is 5. The zero-order valence-corrected chi connectivity index (χ0v) is 17.1. The summed E-state index contributed by atoms with van der Waals surface area (Å²) in [6.45, 7) is 3.73. The molecule has 0 fully saturated rings. The molecule has 0 saturated carbocycles. The topological polar surface area (TPSA) is 55.0 Å². The molecule has 3 nitrogen and oxygen atoms in total. The van der Waals surface area contributed by atoms with Gasteiger partial charge in [0.15, 0.2) is 5.78 Å². The molecule has 3 aromatic rings. The predicted molar refractivity (Wildman–Crippen MR) is 109 cm³/mol. The first-order valence-corrected chi connectivity index (χ1v) is 10.1. The number of thioether (sulfide) groups is 1. The number of H-pyrrole nitrogens is 1. The monoisotopic (exact) mass is 427 g/mol. The number of benzene rings is 2. The smallest absolute Gasteiger partial charge is 0.293 e. The van der Waals surface area contributed by atoms with Gasteiger partial charge < -0.3 is 0 Å². The molecule has 1 aromatic heterocycles. The Morgan fingerprint density at radius 3 is 2.40 bits per heavy atom. The molecule has 1 heterocycles. The van der Waals surface area contributed by atoms with Crippen LogP contribution >= 0.6 is 11.8 Å². The number of nitrogens with zero attached hydrogens (tertiary/aromatic N) is 1. The molecular weight excluding hydrogens is 409 g/mol. The number of pyridine rings is 1. The first kappa shape index (κ1) is 21.6. The molecule has 30 heavy (non-hydrogen) atoms. The van der Waals surface area contributed by atoms with Crippen LogP contribution in [0.15, 0.2) is 59.6 Å². The summed E-state index contributed by atoms with van der Waals surface area (Å²) in [4.78, 5) is 15.6. The number of halogens is 3. The van der Waals surface area contributed by atoms with Crippen LogP contribution in [0.4, 0.5) is 13.2 Å². The number of nitriles is 1. The van der Waals surface area contributed by atoms with Crippen molar-refractivity contribution in [3.8, 4) is 17.3 Å². The summed E-state index contributed by atoms with van der Waals surface area (Å²) >= 11 is 0.899. The summed E-state index contributed by atoms with van der Waals surface area (Å²) in [7, 11) is 0. The van der Waals surface area contributed by atoms with Gasteiger partial charge in [-0.2, -0.15) is 23.4 Å². The highest BCUT2D eigenvalue weighted by molar-refractivity contribution is 7.99. The first-order valence-electron chi connectivity index (χ1n) is 9.07. The Balaban J connectivity index is 2.00. The van der Waals surface area contributed by atoms with Crippen molar-refractivity contribution in [3.05, 3.63) is 82.4 Å². The highest BCUT2D eigenvalue weighted by Crippen LogP contribution is 2.36. The second-order valence-corrected chi connectivity index (χ2v) is 7.79. The van der Waals surface area contributed by atoms with Gasteiger partial charge in [-0.1, -0.05) is 42.0 Å². The number of aromatic nitrogens is 1. The summed E-state index contributed by atoms with van der Waals surface area (Å²) in [5.41, 5.74) is 1.58. The van der Waals surface area contributed by atoms with Gasteiger partial charge in [-0.3, -0.25) is 4.79 Å². The minimum atomic E-state index is -4.70. The summed E-state index contributed by atoms with van der Waals surface area (Å²) in [5.74, 6) is -0.307. The molecule has 0 amide bonds. The van der Waals surface area contributed by atoms with Crippen LogP contribution in [0.25, 0.3) is 11.3 Å². The number of Topliss-reactive ketones (excluding diaryl/α,β-unsaturated/α-hetero) is 1. The lowest BCUT2D eigenvalue weighted by molar-refractivity contribution is -0.414. The Morgan fingerprint density at radius 1 is 1.10 bits per heavy atom. The predicted octanol–water partition coefficient (Wildman–Crippen LogP) is 5.65. The van der Waals surface area contributed by atoms with Crippen molar-refractivity contribution in [2.24, 2.45) is 0 Å². The SMILES string of the molecule is Cc1ccc(C(=O)CSc2[nH+]c(-c3ccccc3)cc(C(F)(F)F)c2C#N)c(C)c1. The van der Waals surface area contributed by atoms with Crippen molar-refractivity contribution in [2.45, 2.75) is 25.0 Å².